The fourth-order valence-corrected chi connectivity index (χ4v) is 2.41. The normalized spacial score (nSPS) is 11.5. The molecule has 98 valence electrons. The Morgan fingerprint density at radius 2 is 2.15 bits per heavy atom. The van der Waals surface area contributed by atoms with Gasteiger partial charge in [0.2, 0.25) is 0 Å². The second kappa shape index (κ2) is 3.86. The van der Waals surface area contributed by atoms with Crippen molar-refractivity contribution in [2.24, 2.45) is 7.05 Å². The van der Waals surface area contributed by atoms with Crippen molar-refractivity contribution in [2.75, 3.05) is 0 Å². The molecule has 0 atom stereocenters. The summed E-state index contributed by atoms with van der Waals surface area (Å²) in [6, 6.07) is 7.33. The maximum Gasteiger partial charge on any atom is 0.142 e. The van der Waals surface area contributed by atoms with Gasteiger partial charge in [-0.15, -0.1) is 5.10 Å². The Morgan fingerprint density at radius 1 is 1.25 bits per heavy atom. The van der Waals surface area contributed by atoms with E-state index in [0.717, 1.165) is 27.5 Å². The van der Waals surface area contributed by atoms with Gasteiger partial charge in [0, 0.05) is 24.2 Å². The van der Waals surface area contributed by atoms with Gasteiger partial charge in [0.15, 0.2) is 0 Å². The first-order valence-electron chi connectivity index (χ1n) is 6.15. The van der Waals surface area contributed by atoms with Crippen LogP contribution in [0.15, 0.2) is 36.7 Å². The molecule has 0 bridgehead atoms. The molecule has 3 heterocycles. The minimum absolute atomic E-state index is 0.346. The molecule has 0 aliphatic carbocycles. The number of aryl methyl sites for hydroxylation is 1. The van der Waals surface area contributed by atoms with Gasteiger partial charge >= 0.3 is 0 Å². The van der Waals surface area contributed by atoms with E-state index in [0.29, 0.717) is 5.65 Å². The predicted molar refractivity (Wildman–Crippen MR) is 73.6 cm³/mol. The van der Waals surface area contributed by atoms with Crippen LogP contribution in [-0.2, 0) is 7.05 Å². The third kappa shape index (κ3) is 1.51. The number of nitrogens with zero attached hydrogens (tertiary/aromatic N) is 4. The first kappa shape index (κ1) is 11.1. The van der Waals surface area contributed by atoms with E-state index in [1.54, 1.807) is 4.68 Å². The highest BCUT2D eigenvalue weighted by atomic mass is 19.1. The van der Waals surface area contributed by atoms with Crippen LogP contribution < -0.4 is 0 Å². The maximum atomic E-state index is 13.4. The van der Waals surface area contributed by atoms with Crippen molar-refractivity contribution in [3.63, 3.8) is 0 Å². The molecule has 0 fully saturated rings. The van der Waals surface area contributed by atoms with E-state index in [2.05, 4.69) is 20.3 Å². The monoisotopic (exact) mass is 267 g/mol. The van der Waals surface area contributed by atoms with Crippen molar-refractivity contribution >= 4 is 22.1 Å². The molecule has 20 heavy (non-hydrogen) atoms. The summed E-state index contributed by atoms with van der Waals surface area (Å²) in [4.78, 5) is 7.09. The highest BCUT2D eigenvalue weighted by Gasteiger charge is 2.10. The van der Waals surface area contributed by atoms with Crippen molar-refractivity contribution < 1.29 is 4.39 Å². The quantitative estimate of drug-likeness (QED) is 0.576. The lowest BCUT2D eigenvalue weighted by molar-refractivity contribution is 0.624. The minimum atomic E-state index is -0.346. The van der Waals surface area contributed by atoms with Gasteiger partial charge in [0.05, 0.1) is 11.7 Å². The molecule has 1 N–H and O–H groups in total. The summed E-state index contributed by atoms with van der Waals surface area (Å²) in [5, 5.41) is 8.79. The molecule has 1 aromatic carbocycles. The van der Waals surface area contributed by atoms with Crippen LogP contribution in [0.5, 0.6) is 0 Å². The Morgan fingerprint density at radius 3 is 3.05 bits per heavy atom. The largest absolute Gasteiger partial charge is 0.346 e. The van der Waals surface area contributed by atoms with Crippen LogP contribution in [0.2, 0.25) is 0 Å². The third-order valence-electron chi connectivity index (χ3n) is 3.42. The van der Waals surface area contributed by atoms with Gasteiger partial charge in [-0.2, -0.15) is 0 Å². The summed E-state index contributed by atoms with van der Waals surface area (Å²) in [6.07, 6.45) is 3.04. The number of H-pyrrole nitrogens is 1. The van der Waals surface area contributed by atoms with E-state index < -0.39 is 0 Å². The number of aromatic nitrogens is 5. The molecule has 5 nitrogen and oxygen atoms in total. The molecule has 0 unspecified atom stereocenters. The number of rotatable bonds is 1. The lowest BCUT2D eigenvalue weighted by Crippen LogP contribution is -1.89. The number of aromatic amines is 1. The SMILES string of the molecule is Cn1nnc2ccc(-c3c[nH]c4ncc(F)cc34)cc21. The number of halogens is 1. The number of pyridine rings is 1. The van der Waals surface area contributed by atoms with Crippen LogP contribution in [0.4, 0.5) is 4.39 Å². The molecule has 6 heteroatoms. The van der Waals surface area contributed by atoms with Crippen LogP contribution >= 0.6 is 0 Å². The van der Waals surface area contributed by atoms with E-state index in [9.17, 15) is 4.39 Å². The average Bonchev–Trinajstić information content (AvgIpc) is 3.02. The molecule has 0 spiro atoms. The number of hydrogen-bond acceptors (Lipinski definition) is 3. The van der Waals surface area contributed by atoms with E-state index in [4.69, 9.17) is 0 Å². The number of benzene rings is 1. The lowest BCUT2D eigenvalue weighted by atomic mass is 10.1. The van der Waals surface area contributed by atoms with Gasteiger partial charge in [-0.05, 0) is 23.8 Å². The van der Waals surface area contributed by atoms with Crippen LogP contribution in [0, 0.1) is 5.82 Å². The summed E-state index contributed by atoms with van der Waals surface area (Å²) < 4.78 is 15.1. The van der Waals surface area contributed by atoms with E-state index in [-0.39, 0.29) is 5.82 Å². The second-order valence-electron chi connectivity index (χ2n) is 4.67. The molecule has 4 aromatic rings. The number of hydrogen-bond donors (Lipinski definition) is 1. The Bertz CT molecular complexity index is 937. The molecule has 4 rings (SSSR count). The first-order valence-corrected chi connectivity index (χ1v) is 6.15. The van der Waals surface area contributed by atoms with Crippen LogP contribution in [-0.4, -0.2) is 25.0 Å². The zero-order valence-corrected chi connectivity index (χ0v) is 10.6. The summed E-state index contributed by atoms with van der Waals surface area (Å²) in [5.41, 5.74) is 4.32. The first-order chi connectivity index (χ1) is 9.72. The summed E-state index contributed by atoms with van der Waals surface area (Å²) in [7, 11) is 1.84. The van der Waals surface area contributed by atoms with Crippen molar-refractivity contribution in [3.05, 3.63) is 42.5 Å². The van der Waals surface area contributed by atoms with Crippen molar-refractivity contribution in [1.29, 1.82) is 0 Å². The van der Waals surface area contributed by atoms with Gasteiger partial charge in [0.25, 0.3) is 0 Å². The van der Waals surface area contributed by atoms with Crippen molar-refractivity contribution in [3.8, 4) is 11.1 Å². The molecular weight excluding hydrogens is 257 g/mol. The van der Waals surface area contributed by atoms with Crippen LogP contribution in [0.25, 0.3) is 33.2 Å². The van der Waals surface area contributed by atoms with Gasteiger partial charge in [0.1, 0.15) is 17.0 Å². The van der Waals surface area contributed by atoms with Crippen molar-refractivity contribution in [1.82, 2.24) is 25.0 Å². The Kier molecular flexibility index (Phi) is 2.14. The predicted octanol–water partition coefficient (Wildman–Crippen LogP) is 2.65. The van der Waals surface area contributed by atoms with Crippen LogP contribution in [0.3, 0.4) is 0 Å². The number of nitrogens with one attached hydrogen (secondary N) is 1. The zero-order chi connectivity index (χ0) is 13.7. The summed E-state index contributed by atoms with van der Waals surface area (Å²) >= 11 is 0. The Hall–Kier alpha value is -2.76. The van der Waals surface area contributed by atoms with E-state index in [1.807, 2.05) is 31.4 Å². The zero-order valence-electron chi connectivity index (χ0n) is 10.6. The summed E-state index contributed by atoms with van der Waals surface area (Å²) in [5.74, 6) is -0.346. The fraction of sp³-hybridized carbons (Fsp3) is 0.0714. The van der Waals surface area contributed by atoms with Crippen molar-refractivity contribution in [2.45, 2.75) is 0 Å². The Labute approximate surface area is 113 Å². The molecule has 0 amide bonds. The minimum Gasteiger partial charge on any atom is -0.346 e. The van der Waals surface area contributed by atoms with E-state index >= 15 is 0 Å². The highest BCUT2D eigenvalue weighted by molar-refractivity contribution is 5.95. The topological polar surface area (TPSA) is 59.4 Å². The molecule has 0 aliphatic rings. The smallest absolute Gasteiger partial charge is 0.142 e. The molecule has 3 aromatic heterocycles. The standard InChI is InChI=1S/C14H10FN5/c1-20-13-4-8(2-3-12(13)18-19-20)11-7-17-14-10(11)5-9(15)6-16-14/h2-7H,1H3,(H,16,17). The molecular formula is C14H10FN5. The van der Waals surface area contributed by atoms with Gasteiger partial charge < -0.3 is 4.98 Å². The Balaban J connectivity index is 2.00. The highest BCUT2D eigenvalue weighted by Crippen LogP contribution is 2.29. The summed E-state index contributed by atoms with van der Waals surface area (Å²) in [6.45, 7) is 0. The maximum absolute atomic E-state index is 13.4. The van der Waals surface area contributed by atoms with Gasteiger partial charge in [-0.1, -0.05) is 11.3 Å². The molecule has 0 aliphatic heterocycles. The number of fused-ring (bicyclic) bond motifs is 2. The second-order valence-corrected chi connectivity index (χ2v) is 4.67. The third-order valence-corrected chi connectivity index (χ3v) is 3.42. The van der Waals surface area contributed by atoms with E-state index in [1.165, 1.54) is 12.3 Å². The molecule has 0 saturated heterocycles. The van der Waals surface area contributed by atoms with Gasteiger partial charge in [-0.3, -0.25) is 0 Å². The fourth-order valence-electron chi connectivity index (χ4n) is 2.41. The van der Waals surface area contributed by atoms with Gasteiger partial charge in [-0.25, -0.2) is 14.1 Å². The molecule has 0 radical (unpaired) electrons. The lowest BCUT2D eigenvalue weighted by Gasteiger charge is -2.00. The van der Waals surface area contributed by atoms with Crippen LogP contribution in [0.1, 0.15) is 0 Å². The molecule has 0 saturated carbocycles. The average molecular weight is 267 g/mol.